The molecule has 6 nitrogen and oxygen atoms in total. The van der Waals surface area contributed by atoms with Gasteiger partial charge in [0.15, 0.2) is 0 Å². The molecule has 0 saturated heterocycles. The number of aromatic amines is 1. The molecule has 1 aromatic carbocycles. The quantitative estimate of drug-likeness (QED) is 0.643. The van der Waals surface area contributed by atoms with Crippen LogP contribution in [0.5, 0.6) is 0 Å². The number of rotatable bonds is 5. The Hall–Kier alpha value is -2.54. The van der Waals surface area contributed by atoms with Gasteiger partial charge >= 0.3 is 0 Å². The number of pyridine rings is 1. The Balaban J connectivity index is 1.94. The van der Waals surface area contributed by atoms with Gasteiger partial charge in [-0.15, -0.1) is 0 Å². The van der Waals surface area contributed by atoms with Crippen LogP contribution in [-0.2, 0) is 16.8 Å². The van der Waals surface area contributed by atoms with E-state index in [1.54, 1.807) is 30.1 Å². The molecule has 1 fully saturated rings. The van der Waals surface area contributed by atoms with Crippen LogP contribution in [0.4, 0.5) is 5.69 Å². The average Bonchev–Trinajstić information content (AvgIpc) is 3.29. The third-order valence-electron chi connectivity index (χ3n) is 4.90. The molecule has 1 aliphatic carbocycles. The van der Waals surface area contributed by atoms with Crippen molar-refractivity contribution in [1.82, 2.24) is 9.55 Å². The molecule has 3 aromatic rings. The first-order chi connectivity index (χ1) is 12.3. The van der Waals surface area contributed by atoms with Gasteiger partial charge in [0.05, 0.1) is 9.73 Å². The molecule has 0 radical (unpaired) electrons. The fourth-order valence-corrected chi connectivity index (χ4v) is 3.87. The van der Waals surface area contributed by atoms with E-state index in [4.69, 9.17) is 4.78 Å². The zero-order valence-electron chi connectivity index (χ0n) is 14.8. The van der Waals surface area contributed by atoms with E-state index >= 15 is 0 Å². The number of nitrogens with zero attached hydrogens (tertiary/aromatic N) is 1. The van der Waals surface area contributed by atoms with Gasteiger partial charge in [-0.3, -0.25) is 4.79 Å². The average molecular weight is 370 g/mol. The number of hydrogen-bond acceptors (Lipinski definition) is 4. The van der Waals surface area contributed by atoms with Crippen LogP contribution in [0.25, 0.3) is 22.0 Å². The Bertz CT molecular complexity index is 1150. The number of nitrogens with one attached hydrogen (secondary N) is 3. The zero-order chi connectivity index (χ0) is 18.5. The SMILES string of the molecule is Cn1cc(-c2cc(S(C)(=N)=O)ccc2NCC2CC2)c2cc[nH]c2c1=O. The lowest BCUT2D eigenvalue weighted by atomic mass is 10.0. The van der Waals surface area contributed by atoms with Gasteiger partial charge in [-0.2, -0.15) is 0 Å². The second kappa shape index (κ2) is 6.02. The fraction of sp³-hybridized carbons (Fsp3) is 0.316. The molecule has 0 bridgehead atoms. The highest BCUT2D eigenvalue weighted by Gasteiger charge is 2.22. The summed E-state index contributed by atoms with van der Waals surface area (Å²) in [5.41, 5.74) is 3.14. The predicted octanol–water partition coefficient (Wildman–Crippen LogP) is 3.39. The minimum Gasteiger partial charge on any atom is -0.384 e. The molecule has 4 rings (SSSR count). The summed E-state index contributed by atoms with van der Waals surface area (Å²) in [5.74, 6) is 0.710. The van der Waals surface area contributed by atoms with E-state index in [-0.39, 0.29) is 5.56 Å². The van der Waals surface area contributed by atoms with Crippen molar-refractivity contribution in [2.75, 3.05) is 18.1 Å². The number of aryl methyl sites for hydroxylation is 1. The van der Waals surface area contributed by atoms with Crippen LogP contribution in [0, 0.1) is 10.7 Å². The largest absolute Gasteiger partial charge is 0.384 e. The third-order valence-corrected chi connectivity index (χ3v) is 6.06. The van der Waals surface area contributed by atoms with Crippen LogP contribution in [0.3, 0.4) is 0 Å². The summed E-state index contributed by atoms with van der Waals surface area (Å²) in [6.07, 6.45) is 7.48. The highest BCUT2D eigenvalue weighted by atomic mass is 32.2. The van der Waals surface area contributed by atoms with Crippen molar-refractivity contribution in [2.24, 2.45) is 13.0 Å². The summed E-state index contributed by atoms with van der Waals surface area (Å²) in [6.45, 7) is 0.900. The molecule has 1 saturated carbocycles. The van der Waals surface area contributed by atoms with Gasteiger partial charge < -0.3 is 14.9 Å². The highest BCUT2D eigenvalue weighted by Crippen LogP contribution is 2.36. The maximum atomic E-state index is 12.3. The standard InChI is InChI=1S/C19H22N4O2S/c1-23-11-16(14-7-8-21-18(14)19(23)24)15-9-13(26(2,20)25)5-6-17(15)22-10-12-3-4-12/h5-9,11-12,20-22H,3-4,10H2,1-2H3. The summed E-state index contributed by atoms with van der Waals surface area (Å²) in [7, 11) is -1.11. The van der Waals surface area contributed by atoms with Crippen LogP contribution >= 0.6 is 0 Å². The Morgan fingerprint density at radius 1 is 1.31 bits per heavy atom. The van der Waals surface area contributed by atoms with E-state index in [0.29, 0.717) is 16.3 Å². The first-order valence-electron chi connectivity index (χ1n) is 8.63. The summed E-state index contributed by atoms with van der Waals surface area (Å²) in [5, 5.41) is 4.32. The van der Waals surface area contributed by atoms with Crippen molar-refractivity contribution in [3.05, 3.63) is 47.0 Å². The number of hydrogen-bond donors (Lipinski definition) is 3. The monoisotopic (exact) mass is 370 g/mol. The molecule has 1 unspecified atom stereocenters. The van der Waals surface area contributed by atoms with Crippen molar-refractivity contribution in [1.29, 1.82) is 4.78 Å². The lowest BCUT2D eigenvalue weighted by molar-refractivity contribution is 0.679. The summed E-state index contributed by atoms with van der Waals surface area (Å²) in [4.78, 5) is 15.9. The highest BCUT2D eigenvalue weighted by molar-refractivity contribution is 7.91. The van der Waals surface area contributed by atoms with Crippen molar-refractivity contribution in [3.63, 3.8) is 0 Å². The third kappa shape index (κ3) is 3.03. The van der Waals surface area contributed by atoms with Gasteiger partial charge in [-0.1, -0.05) is 0 Å². The van der Waals surface area contributed by atoms with E-state index < -0.39 is 9.73 Å². The molecule has 3 N–H and O–H groups in total. The number of aromatic nitrogens is 2. The number of benzene rings is 1. The molecule has 0 aliphatic heterocycles. The van der Waals surface area contributed by atoms with Crippen LogP contribution in [0.1, 0.15) is 12.8 Å². The molecule has 0 amide bonds. The lowest BCUT2D eigenvalue weighted by Crippen LogP contribution is -2.16. The van der Waals surface area contributed by atoms with Crippen molar-refractivity contribution in [2.45, 2.75) is 17.7 Å². The molecule has 136 valence electrons. The summed E-state index contributed by atoms with van der Waals surface area (Å²) in [6, 6.07) is 7.35. The number of fused-ring (bicyclic) bond motifs is 1. The second-order valence-corrected chi connectivity index (χ2v) is 9.26. The Morgan fingerprint density at radius 3 is 2.77 bits per heavy atom. The molecular weight excluding hydrogens is 348 g/mol. The van der Waals surface area contributed by atoms with Crippen LogP contribution < -0.4 is 10.9 Å². The summed E-state index contributed by atoms with van der Waals surface area (Å²) < 4.78 is 21.8. The van der Waals surface area contributed by atoms with Crippen LogP contribution in [0.15, 0.2) is 46.3 Å². The van der Waals surface area contributed by atoms with E-state index in [9.17, 15) is 9.00 Å². The molecule has 0 spiro atoms. The van der Waals surface area contributed by atoms with Gasteiger partial charge in [0.2, 0.25) is 0 Å². The molecule has 2 aromatic heterocycles. The van der Waals surface area contributed by atoms with Gasteiger partial charge in [0.25, 0.3) is 5.56 Å². The predicted molar refractivity (Wildman–Crippen MR) is 105 cm³/mol. The summed E-state index contributed by atoms with van der Waals surface area (Å²) >= 11 is 0. The van der Waals surface area contributed by atoms with Gasteiger partial charge in [-0.25, -0.2) is 8.99 Å². The molecule has 1 aliphatic rings. The van der Waals surface area contributed by atoms with Crippen molar-refractivity contribution >= 4 is 26.3 Å². The topological polar surface area (TPSA) is 90.7 Å². The van der Waals surface area contributed by atoms with E-state index in [1.165, 1.54) is 19.1 Å². The second-order valence-electron chi connectivity index (χ2n) is 7.10. The number of anilines is 1. The van der Waals surface area contributed by atoms with Crippen molar-refractivity contribution in [3.8, 4) is 11.1 Å². The van der Waals surface area contributed by atoms with E-state index in [1.807, 2.05) is 18.2 Å². The molecule has 7 heteroatoms. The van der Waals surface area contributed by atoms with Crippen LogP contribution in [-0.4, -0.2) is 26.6 Å². The van der Waals surface area contributed by atoms with E-state index in [0.717, 1.165) is 28.7 Å². The van der Waals surface area contributed by atoms with E-state index in [2.05, 4.69) is 10.3 Å². The van der Waals surface area contributed by atoms with Crippen molar-refractivity contribution < 1.29 is 4.21 Å². The fourth-order valence-electron chi connectivity index (χ4n) is 3.20. The molecule has 1 atom stereocenters. The first kappa shape index (κ1) is 16.9. The Morgan fingerprint density at radius 2 is 2.08 bits per heavy atom. The maximum Gasteiger partial charge on any atom is 0.274 e. The van der Waals surface area contributed by atoms with Gasteiger partial charge in [0.1, 0.15) is 5.52 Å². The smallest absolute Gasteiger partial charge is 0.274 e. The van der Waals surface area contributed by atoms with Gasteiger partial charge in [-0.05, 0) is 43.0 Å². The zero-order valence-corrected chi connectivity index (χ0v) is 15.7. The molecule has 2 heterocycles. The van der Waals surface area contributed by atoms with Gasteiger partial charge in [0, 0.05) is 59.3 Å². The van der Waals surface area contributed by atoms with Crippen LogP contribution in [0.2, 0.25) is 0 Å². The Labute approximate surface area is 152 Å². The maximum absolute atomic E-state index is 12.3. The Kier molecular flexibility index (Phi) is 3.91. The number of H-pyrrole nitrogens is 1. The minimum absolute atomic E-state index is 0.0860. The molecule has 26 heavy (non-hydrogen) atoms. The normalized spacial score (nSPS) is 16.5. The lowest BCUT2D eigenvalue weighted by Gasteiger charge is -2.16. The minimum atomic E-state index is -2.83. The molecular formula is C19H22N4O2S. The first-order valence-corrected chi connectivity index (χ1v) is 10.6.